The van der Waals surface area contributed by atoms with Crippen molar-refractivity contribution in [3.05, 3.63) is 92.7 Å². The number of fused-ring (bicyclic) bond motifs is 2. The van der Waals surface area contributed by atoms with Crippen molar-refractivity contribution in [1.82, 2.24) is 19.9 Å². The van der Waals surface area contributed by atoms with Crippen LogP contribution in [0.15, 0.2) is 65.7 Å². The van der Waals surface area contributed by atoms with Crippen LogP contribution >= 0.6 is 12.2 Å². The number of nitrogens with one attached hydrogen (secondary N) is 2. The molecule has 3 heterocycles. The number of nitrogens with zero attached hydrogens (tertiary/aromatic N) is 2. The maximum Gasteiger partial charge on any atom is 0.262 e. The Morgan fingerprint density at radius 1 is 1.12 bits per heavy atom. The molecule has 2 N–H and O–H groups in total. The van der Waals surface area contributed by atoms with Gasteiger partial charge in [0, 0.05) is 30.6 Å². The highest BCUT2D eigenvalue weighted by molar-refractivity contribution is 7.71. The number of benzene rings is 2. The van der Waals surface area contributed by atoms with Crippen LogP contribution in [0.4, 0.5) is 0 Å². The number of hydrogen-bond donors (Lipinski definition) is 2. The normalized spacial score (nSPS) is 12.1. The van der Waals surface area contributed by atoms with Gasteiger partial charge in [0.2, 0.25) is 6.79 Å². The van der Waals surface area contributed by atoms with Crippen molar-refractivity contribution in [1.29, 1.82) is 0 Å². The van der Waals surface area contributed by atoms with Gasteiger partial charge in [-0.3, -0.25) is 19.1 Å². The highest BCUT2D eigenvalue weighted by Crippen LogP contribution is 2.34. The molecule has 0 aliphatic carbocycles. The van der Waals surface area contributed by atoms with Crippen molar-refractivity contribution >= 4 is 29.0 Å². The van der Waals surface area contributed by atoms with Crippen LogP contribution in [0.2, 0.25) is 0 Å². The van der Waals surface area contributed by atoms with E-state index in [1.807, 2.05) is 24.3 Å². The van der Waals surface area contributed by atoms with Gasteiger partial charge in [0.15, 0.2) is 16.3 Å². The third kappa shape index (κ3) is 3.85. The van der Waals surface area contributed by atoms with Gasteiger partial charge in [0.05, 0.1) is 17.4 Å². The van der Waals surface area contributed by atoms with Crippen LogP contribution in [-0.4, -0.2) is 27.2 Å². The SMILES string of the molecule is O=C(NCc1cccnc1)c1ccc(Cn2c(=S)[nH]c3cc4c(cc3c2=O)OCO4)cc1. The summed E-state index contributed by atoms with van der Waals surface area (Å²) in [7, 11) is 0. The fraction of sp³-hybridized carbons (Fsp3) is 0.130. The Balaban J connectivity index is 1.35. The van der Waals surface area contributed by atoms with E-state index in [2.05, 4.69) is 15.3 Å². The molecule has 9 heteroatoms. The van der Waals surface area contributed by atoms with E-state index >= 15 is 0 Å². The largest absolute Gasteiger partial charge is 0.454 e. The molecule has 0 fully saturated rings. The van der Waals surface area contributed by atoms with E-state index in [0.717, 1.165) is 11.1 Å². The summed E-state index contributed by atoms with van der Waals surface area (Å²) in [5, 5.41) is 3.33. The zero-order valence-electron chi connectivity index (χ0n) is 16.8. The molecule has 0 saturated carbocycles. The van der Waals surface area contributed by atoms with Gasteiger partial charge in [-0.15, -0.1) is 0 Å². The predicted octanol–water partition coefficient (Wildman–Crippen LogP) is 3.16. The van der Waals surface area contributed by atoms with Gasteiger partial charge in [-0.05, 0) is 47.6 Å². The fourth-order valence-corrected chi connectivity index (χ4v) is 3.77. The first-order valence-electron chi connectivity index (χ1n) is 9.91. The number of carbonyl (C=O) groups is 1. The van der Waals surface area contributed by atoms with E-state index in [1.165, 1.54) is 4.57 Å². The molecule has 0 radical (unpaired) electrons. The Hall–Kier alpha value is -3.98. The molecule has 1 amide bonds. The molecule has 0 unspecified atom stereocenters. The van der Waals surface area contributed by atoms with Crippen LogP contribution in [-0.2, 0) is 13.1 Å². The average molecular weight is 446 g/mol. The smallest absolute Gasteiger partial charge is 0.262 e. The van der Waals surface area contributed by atoms with E-state index in [1.54, 1.807) is 36.7 Å². The second-order valence-electron chi connectivity index (χ2n) is 7.31. The van der Waals surface area contributed by atoms with Crippen molar-refractivity contribution in [2.24, 2.45) is 0 Å². The zero-order valence-corrected chi connectivity index (χ0v) is 17.6. The lowest BCUT2D eigenvalue weighted by Gasteiger charge is -2.10. The van der Waals surface area contributed by atoms with Crippen LogP contribution in [0.25, 0.3) is 10.9 Å². The highest BCUT2D eigenvalue weighted by atomic mass is 32.1. The first-order chi connectivity index (χ1) is 15.6. The number of amides is 1. The predicted molar refractivity (Wildman–Crippen MR) is 120 cm³/mol. The van der Waals surface area contributed by atoms with E-state index in [4.69, 9.17) is 21.7 Å². The first-order valence-corrected chi connectivity index (χ1v) is 10.3. The standard InChI is InChI=1S/C23H18N4O4S/c28-21(25-11-15-2-1-7-24-10-15)16-5-3-14(4-6-16)12-27-22(29)17-8-19-20(31-13-30-19)9-18(17)26-23(27)32/h1-10H,11-13H2,(H,25,28)(H,26,32). The average Bonchev–Trinajstić information content (AvgIpc) is 3.28. The summed E-state index contributed by atoms with van der Waals surface area (Å²) in [6.07, 6.45) is 3.40. The maximum atomic E-state index is 13.1. The minimum atomic E-state index is -0.222. The van der Waals surface area contributed by atoms with Crippen molar-refractivity contribution in [3.8, 4) is 11.5 Å². The summed E-state index contributed by atoms with van der Waals surface area (Å²) in [6.45, 7) is 0.799. The van der Waals surface area contributed by atoms with Crippen LogP contribution in [0.3, 0.4) is 0 Å². The molecule has 2 aromatic carbocycles. The number of hydrogen-bond acceptors (Lipinski definition) is 6. The van der Waals surface area contributed by atoms with E-state index in [-0.39, 0.29) is 24.8 Å². The van der Waals surface area contributed by atoms with Gasteiger partial charge in [-0.25, -0.2) is 0 Å². The molecule has 1 aliphatic rings. The number of pyridine rings is 1. The monoisotopic (exact) mass is 446 g/mol. The van der Waals surface area contributed by atoms with Gasteiger partial charge in [-0.1, -0.05) is 18.2 Å². The number of ether oxygens (including phenoxy) is 2. The van der Waals surface area contributed by atoms with Crippen LogP contribution in [0, 0.1) is 4.77 Å². The number of aromatic amines is 1. The molecule has 1 aliphatic heterocycles. The Bertz CT molecular complexity index is 1430. The summed E-state index contributed by atoms with van der Waals surface area (Å²) in [5.74, 6) is 0.933. The lowest BCUT2D eigenvalue weighted by Crippen LogP contribution is -2.24. The molecule has 0 spiro atoms. The Morgan fingerprint density at radius 2 is 1.91 bits per heavy atom. The van der Waals surface area contributed by atoms with Crippen LogP contribution in [0.1, 0.15) is 21.5 Å². The minimum Gasteiger partial charge on any atom is -0.454 e. The molecule has 0 bridgehead atoms. The number of rotatable bonds is 5. The summed E-state index contributed by atoms with van der Waals surface area (Å²) in [4.78, 5) is 32.6. The molecular weight excluding hydrogens is 428 g/mol. The number of H-pyrrole nitrogens is 1. The van der Waals surface area contributed by atoms with Crippen molar-refractivity contribution in [2.45, 2.75) is 13.1 Å². The summed E-state index contributed by atoms with van der Waals surface area (Å²) in [5.41, 5.74) is 2.67. The lowest BCUT2D eigenvalue weighted by molar-refractivity contribution is 0.0951. The minimum absolute atomic E-state index is 0.128. The second-order valence-corrected chi connectivity index (χ2v) is 7.70. The van der Waals surface area contributed by atoms with Gasteiger partial charge in [-0.2, -0.15) is 0 Å². The van der Waals surface area contributed by atoms with Crippen LogP contribution in [0.5, 0.6) is 11.5 Å². The van der Waals surface area contributed by atoms with Gasteiger partial charge >= 0.3 is 0 Å². The van der Waals surface area contributed by atoms with Crippen LogP contribution < -0.4 is 20.3 Å². The highest BCUT2D eigenvalue weighted by Gasteiger charge is 2.17. The van der Waals surface area contributed by atoms with Gasteiger partial charge in [0.1, 0.15) is 0 Å². The maximum absolute atomic E-state index is 13.1. The van der Waals surface area contributed by atoms with Gasteiger partial charge in [0.25, 0.3) is 11.5 Å². The van der Waals surface area contributed by atoms with Crippen molar-refractivity contribution in [3.63, 3.8) is 0 Å². The van der Waals surface area contributed by atoms with E-state index < -0.39 is 0 Å². The Labute approximate surface area is 187 Å². The van der Waals surface area contributed by atoms with E-state index in [9.17, 15) is 9.59 Å². The molecular formula is C23H18N4O4S. The molecule has 32 heavy (non-hydrogen) atoms. The first kappa shape index (κ1) is 20.0. The van der Waals surface area contributed by atoms with Crippen molar-refractivity contribution < 1.29 is 14.3 Å². The van der Waals surface area contributed by atoms with Crippen molar-refractivity contribution in [2.75, 3.05) is 6.79 Å². The molecule has 160 valence electrons. The molecule has 4 aromatic rings. The molecule has 0 saturated heterocycles. The second kappa shape index (κ2) is 8.27. The fourth-order valence-electron chi connectivity index (χ4n) is 3.52. The summed E-state index contributed by atoms with van der Waals surface area (Å²) >= 11 is 5.41. The van der Waals surface area contributed by atoms with Gasteiger partial charge < -0.3 is 19.8 Å². The zero-order chi connectivity index (χ0) is 22.1. The molecule has 2 aromatic heterocycles. The number of carbonyl (C=O) groups excluding carboxylic acids is 1. The third-order valence-electron chi connectivity index (χ3n) is 5.21. The topological polar surface area (TPSA) is 98.2 Å². The summed E-state index contributed by atoms with van der Waals surface area (Å²) < 4.78 is 12.5. The third-order valence-corrected chi connectivity index (χ3v) is 5.53. The van der Waals surface area contributed by atoms with E-state index in [0.29, 0.717) is 39.3 Å². The lowest BCUT2D eigenvalue weighted by atomic mass is 10.1. The molecule has 8 nitrogen and oxygen atoms in total. The number of aromatic nitrogens is 3. The molecule has 5 rings (SSSR count). The quantitative estimate of drug-likeness (QED) is 0.457. The molecule has 0 atom stereocenters. The Kier molecular flexibility index (Phi) is 5.16. The Morgan fingerprint density at radius 3 is 2.66 bits per heavy atom. The summed E-state index contributed by atoms with van der Waals surface area (Å²) in [6, 6.07) is 14.2.